The van der Waals surface area contributed by atoms with E-state index in [1.807, 2.05) is 19.1 Å². The zero-order chi connectivity index (χ0) is 31.0. The summed E-state index contributed by atoms with van der Waals surface area (Å²) in [7, 11) is 3.11. The molecule has 1 heterocycles. The minimum atomic E-state index is -4.95. The summed E-state index contributed by atoms with van der Waals surface area (Å²) in [6.45, 7) is 2.31. The van der Waals surface area contributed by atoms with Crippen molar-refractivity contribution >= 4 is 40.1 Å². The summed E-state index contributed by atoms with van der Waals surface area (Å²) in [5.74, 6) is -0.984. The van der Waals surface area contributed by atoms with Crippen molar-refractivity contribution in [1.82, 2.24) is 5.01 Å². The van der Waals surface area contributed by atoms with Crippen LogP contribution in [0.3, 0.4) is 0 Å². The minimum absolute atomic E-state index is 0.0293. The van der Waals surface area contributed by atoms with Gasteiger partial charge in [0.1, 0.15) is 0 Å². The van der Waals surface area contributed by atoms with Crippen molar-refractivity contribution in [2.24, 2.45) is 11.0 Å². The number of nitrogens with one attached hydrogen (secondary N) is 1. The highest BCUT2D eigenvalue weighted by Gasteiger charge is 2.38. The standard InChI is InChI=1S/C24H26F3N3O4.C2ClF3O/c1-4-16-14-21(31)30(29-22(16)17-7-10-19(33-2)20(13-17)34-3)12-11-15-5-8-18(9-6-15)28-23(32)24(25,26)27;3-1(7)2(4,5)6/h5-10,13,16H,4,11-12,14H2,1-3H3,(H,28,32);. The van der Waals surface area contributed by atoms with Gasteiger partial charge in [-0.15, -0.1) is 0 Å². The molecule has 0 aliphatic carbocycles. The number of ether oxygens (including phenoxy) is 2. The summed E-state index contributed by atoms with van der Waals surface area (Å²) in [5, 5.41) is 5.59. The highest BCUT2D eigenvalue weighted by molar-refractivity contribution is 6.64. The van der Waals surface area contributed by atoms with Crippen LogP contribution in [-0.2, 0) is 20.8 Å². The van der Waals surface area contributed by atoms with E-state index in [0.717, 1.165) is 23.3 Å². The molecule has 0 fully saturated rings. The van der Waals surface area contributed by atoms with Crippen LogP contribution in [0.25, 0.3) is 0 Å². The molecule has 1 atom stereocenters. The predicted octanol–water partition coefficient (Wildman–Crippen LogP) is 5.72. The van der Waals surface area contributed by atoms with Crippen molar-refractivity contribution in [3.63, 3.8) is 0 Å². The van der Waals surface area contributed by atoms with Gasteiger partial charge < -0.3 is 14.8 Å². The van der Waals surface area contributed by atoms with Gasteiger partial charge in [-0.3, -0.25) is 14.4 Å². The van der Waals surface area contributed by atoms with Crippen LogP contribution in [0, 0.1) is 5.92 Å². The van der Waals surface area contributed by atoms with Crippen molar-refractivity contribution in [2.75, 3.05) is 26.1 Å². The Bertz CT molecular complexity index is 1270. The van der Waals surface area contributed by atoms with Gasteiger partial charge in [0.15, 0.2) is 11.5 Å². The molecular weight excluding hydrogens is 584 g/mol. The number of rotatable bonds is 8. The maximum atomic E-state index is 12.7. The van der Waals surface area contributed by atoms with E-state index in [2.05, 4.69) is 16.7 Å². The van der Waals surface area contributed by atoms with Crippen LogP contribution in [0.4, 0.5) is 32.0 Å². The Kier molecular flexibility index (Phi) is 11.6. The number of hydrazone groups is 1. The van der Waals surface area contributed by atoms with E-state index < -0.39 is 23.5 Å². The summed E-state index contributed by atoms with van der Waals surface area (Å²) in [5.41, 5.74) is 2.46. The fourth-order valence-corrected chi connectivity index (χ4v) is 3.67. The quantitative estimate of drug-likeness (QED) is 0.305. The maximum Gasteiger partial charge on any atom is 0.471 e. The molecule has 1 unspecified atom stereocenters. The molecule has 41 heavy (non-hydrogen) atoms. The lowest BCUT2D eigenvalue weighted by atomic mass is 9.89. The fraction of sp³-hybridized carbons (Fsp3) is 0.385. The van der Waals surface area contributed by atoms with E-state index in [1.165, 1.54) is 17.1 Å². The second-order valence-electron chi connectivity index (χ2n) is 8.55. The SMILES string of the molecule is CCC1CC(=O)N(CCc2ccc(NC(=O)C(F)(F)F)cc2)N=C1c1ccc(OC)c(OC)c1.O=C(Cl)C(F)(F)F. The zero-order valence-electron chi connectivity index (χ0n) is 22.0. The van der Waals surface area contributed by atoms with Crippen LogP contribution in [0.1, 0.15) is 30.9 Å². The van der Waals surface area contributed by atoms with Gasteiger partial charge in [0.2, 0.25) is 5.91 Å². The second-order valence-corrected chi connectivity index (χ2v) is 8.89. The molecule has 0 saturated heterocycles. The third-order valence-electron chi connectivity index (χ3n) is 5.80. The Balaban J connectivity index is 0.000000745. The van der Waals surface area contributed by atoms with Gasteiger partial charge in [0.25, 0.3) is 0 Å². The van der Waals surface area contributed by atoms with E-state index in [0.29, 0.717) is 30.9 Å². The smallest absolute Gasteiger partial charge is 0.471 e. The Labute approximate surface area is 236 Å². The molecule has 8 nitrogen and oxygen atoms in total. The van der Waals surface area contributed by atoms with Gasteiger partial charge in [-0.25, -0.2) is 5.01 Å². The van der Waals surface area contributed by atoms with Crippen molar-refractivity contribution in [2.45, 2.75) is 38.5 Å². The maximum absolute atomic E-state index is 12.7. The summed E-state index contributed by atoms with van der Waals surface area (Å²) < 4.78 is 79.9. The molecule has 0 radical (unpaired) electrons. The molecule has 1 aliphatic heterocycles. The molecule has 0 aromatic heterocycles. The Morgan fingerprint density at radius 3 is 2.07 bits per heavy atom. The van der Waals surface area contributed by atoms with Crippen LogP contribution in [-0.4, -0.2) is 60.9 Å². The first kappa shape index (κ1) is 33.4. The van der Waals surface area contributed by atoms with Gasteiger partial charge >= 0.3 is 23.5 Å². The Morgan fingerprint density at radius 2 is 1.59 bits per heavy atom. The zero-order valence-corrected chi connectivity index (χ0v) is 22.8. The molecule has 1 aliphatic rings. The highest BCUT2D eigenvalue weighted by Crippen LogP contribution is 2.31. The number of hydrogen-bond acceptors (Lipinski definition) is 6. The van der Waals surface area contributed by atoms with Gasteiger partial charge in [0, 0.05) is 30.1 Å². The Morgan fingerprint density at radius 1 is 1.00 bits per heavy atom. The van der Waals surface area contributed by atoms with E-state index >= 15 is 0 Å². The summed E-state index contributed by atoms with van der Waals surface area (Å²) in [4.78, 5) is 32.8. The van der Waals surface area contributed by atoms with Gasteiger partial charge in [0.05, 0.1) is 19.9 Å². The molecule has 2 aromatic rings. The number of carbonyl (C=O) groups is 3. The van der Waals surface area contributed by atoms with Crippen molar-refractivity contribution in [3.05, 3.63) is 53.6 Å². The molecule has 1 N–H and O–H groups in total. The largest absolute Gasteiger partial charge is 0.493 e. The van der Waals surface area contributed by atoms with Crippen LogP contribution in [0.2, 0.25) is 0 Å². The highest BCUT2D eigenvalue weighted by atomic mass is 35.5. The monoisotopic (exact) mass is 609 g/mol. The normalized spacial score (nSPS) is 15.4. The predicted molar refractivity (Wildman–Crippen MR) is 138 cm³/mol. The van der Waals surface area contributed by atoms with E-state index in [9.17, 15) is 35.9 Å². The van der Waals surface area contributed by atoms with E-state index in [4.69, 9.17) is 14.3 Å². The first-order valence-electron chi connectivity index (χ1n) is 12.0. The molecule has 0 spiro atoms. The third kappa shape index (κ3) is 9.66. The number of hydrogen-bond donors (Lipinski definition) is 1. The summed E-state index contributed by atoms with van der Waals surface area (Å²) in [6, 6.07) is 11.5. The summed E-state index contributed by atoms with van der Waals surface area (Å²) in [6.07, 6.45) is -8.31. The molecule has 2 amide bonds. The number of carbonyl (C=O) groups excluding carboxylic acids is 3. The summed E-state index contributed by atoms with van der Waals surface area (Å²) >= 11 is 3.99. The Hall–Kier alpha value is -3.81. The van der Waals surface area contributed by atoms with Crippen molar-refractivity contribution in [3.8, 4) is 11.5 Å². The number of halogens is 7. The van der Waals surface area contributed by atoms with Crippen LogP contribution in [0.5, 0.6) is 11.5 Å². The lowest BCUT2D eigenvalue weighted by molar-refractivity contribution is -0.167. The number of methoxy groups -OCH3 is 2. The third-order valence-corrected chi connectivity index (χ3v) is 6.01. The number of anilines is 1. The lowest BCUT2D eigenvalue weighted by Crippen LogP contribution is -2.38. The van der Waals surface area contributed by atoms with Crippen LogP contribution >= 0.6 is 11.6 Å². The number of amides is 2. The molecule has 0 bridgehead atoms. The number of benzene rings is 2. The first-order chi connectivity index (χ1) is 19.1. The molecule has 3 rings (SSSR count). The first-order valence-corrected chi connectivity index (χ1v) is 12.3. The van der Waals surface area contributed by atoms with E-state index in [-0.39, 0.29) is 17.5 Å². The average molecular weight is 610 g/mol. The molecular formula is C26H26ClF6N3O5. The average Bonchev–Trinajstić information content (AvgIpc) is 2.91. The van der Waals surface area contributed by atoms with Gasteiger partial charge in [-0.1, -0.05) is 19.1 Å². The van der Waals surface area contributed by atoms with Gasteiger partial charge in [-0.2, -0.15) is 31.4 Å². The molecule has 15 heteroatoms. The van der Waals surface area contributed by atoms with E-state index in [1.54, 1.807) is 37.7 Å². The number of nitrogens with zero attached hydrogens (tertiary/aromatic N) is 2. The van der Waals surface area contributed by atoms with Crippen LogP contribution < -0.4 is 14.8 Å². The second kappa shape index (κ2) is 14.2. The van der Waals surface area contributed by atoms with Crippen molar-refractivity contribution < 1.29 is 50.2 Å². The fourth-order valence-electron chi connectivity index (χ4n) is 3.67. The minimum Gasteiger partial charge on any atom is -0.493 e. The number of alkyl halides is 6. The van der Waals surface area contributed by atoms with Gasteiger partial charge in [-0.05, 0) is 60.3 Å². The molecule has 224 valence electrons. The molecule has 0 saturated carbocycles. The van der Waals surface area contributed by atoms with Crippen molar-refractivity contribution in [1.29, 1.82) is 0 Å². The molecule has 2 aromatic carbocycles. The van der Waals surface area contributed by atoms with Crippen LogP contribution in [0.15, 0.2) is 47.6 Å². The topological polar surface area (TPSA) is 97.3 Å². The lowest BCUT2D eigenvalue weighted by Gasteiger charge is -2.29.